The van der Waals surface area contributed by atoms with Crippen molar-refractivity contribution in [3.63, 3.8) is 0 Å². The van der Waals surface area contributed by atoms with Gasteiger partial charge in [-0.15, -0.1) is 0 Å². The lowest BCUT2D eigenvalue weighted by atomic mass is 10.1. The van der Waals surface area contributed by atoms with Gasteiger partial charge in [0.05, 0.1) is 18.5 Å². The third-order valence-corrected chi connectivity index (χ3v) is 3.86. The smallest absolute Gasteiger partial charge is 0.284 e. The Morgan fingerprint density at radius 2 is 2.12 bits per heavy atom. The number of halogens is 1. The molecular formula is C17H15ClN4O4. The normalized spacial score (nSPS) is 12.0. The molecule has 2 aromatic heterocycles. The molecule has 8 nitrogen and oxygen atoms in total. The van der Waals surface area contributed by atoms with E-state index in [1.807, 2.05) is 0 Å². The summed E-state index contributed by atoms with van der Waals surface area (Å²) in [7, 11) is 0. The van der Waals surface area contributed by atoms with Crippen molar-refractivity contribution in [1.29, 1.82) is 0 Å². The first-order chi connectivity index (χ1) is 12.5. The minimum absolute atomic E-state index is 0.119. The lowest BCUT2D eigenvalue weighted by Crippen LogP contribution is -2.39. The summed E-state index contributed by atoms with van der Waals surface area (Å²) in [5.41, 5.74) is 0.600. The van der Waals surface area contributed by atoms with Crippen LogP contribution in [-0.4, -0.2) is 38.6 Å². The van der Waals surface area contributed by atoms with Gasteiger partial charge in [0.1, 0.15) is 17.5 Å². The Bertz CT molecular complexity index is 967. The van der Waals surface area contributed by atoms with Crippen molar-refractivity contribution in [3.8, 4) is 16.9 Å². The molecule has 9 heteroatoms. The molecule has 0 radical (unpaired) electrons. The lowest BCUT2D eigenvalue weighted by molar-refractivity contribution is 0.0920. The molecule has 1 atom stereocenters. The van der Waals surface area contributed by atoms with Gasteiger partial charge in [-0.2, -0.15) is 9.78 Å². The summed E-state index contributed by atoms with van der Waals surface area (Å²) in [5.74, 6) is -0.612. The number of benzene rings is 1. The zero-order valence-corrected chi connectivity index (χ0v) is 14.5. The average molecular weight is 375 g/mol. The molecule has 0 aliphatic carbocycles. The SMILES string of the molecule is C[C@@H](CO)NC(=O)c1cc(-c2ccc(Cl)cc2)nn(-c2cnoc2)c1=O. The maximum absolute atomic E-state index is 12.7. The predicted molar refractivity (Wildman–Crippen MR) is 94.4 cm³/mol. The fourth-order valence-electron chi connectivity index (χ4n) is 2.25. The number of hydrogen-bond acceptors (Lipinski definition) is 6. The van der Waals surface area contributed by atoms with Crippen molar-refractivity contribution in [1.82, 2.24) is 20.3 Å². The topological polar surface area (TPSA) is 110 Å². The Morgan fingerprint density at radius 1 is 1.38 bits per heavy atom. The molecule has 2 heterocycles. The maximum Gasteiger partial charge on any atom is 0.284 e. The fourth-order valence-corrected chi connectivity index (χ4v) is 2.37. The number of rotatable bonds is 5. The molecule has 26 heavy (non-hydrogen) atoms. The van der Waals surface area contributed by atoms with Crippen molar-refractivity contribution in [2.75, 3.05) is 6.61 Å². The molecule has 1 aromatic carbocycles. The number of amides is 1. The molecule has 3 rings (SSSR count). The van der Waals surface area contributed by atoms with Crippen LogP contribution in [-0.2, 0) is 0 Å². The minimum Gasteiger partial charge on any atom is -0.394 e. The van der Waals surface area contributed by atoms with Crippen LogP contribution in [0, 0.1) is 0 Å². The second-order valence-electron chi connectivity index (χ2n) is 5.61. The van der Waals surface area contributed by atoms with Gasteiger partial charge >= 0.3 is 0 Å². The third-order valence-electron chi connectivity index (χ3n) is 3.61. The third kappa shape index (κ3) is 3.66. The van der Waals surface area contributed by atoms with E-state index in [1.54, 1.807) is 31.2 Å². The largest absolute Gasteiger partial charge is 0.394 e. The summed E-state index contributed by atoms with van der Waals surface area (Å²) < 4.78 is 5.81. The highest BCUT2D eigenvalue weighted by atomic mass is 35.5. The van der Waals surface area contributed by atoms with E-state index in [-0.39, 0.29) is 17.9 Å². The van der Waals surface area contributed by atoms with Crippen molar-refractivity contribution in [2.45, 2.75) is 13.0 Å². The van der Waals surface area contributed by atoms with Gasteiger partial charge in [-0.3, -0.25) is 9.59 Å². The minimum atomic E-state index is -0.631. The Labute approximate surface area is 153 Å². The highest BCUT2D eigenvalue weighted by Gasteiger charge is 2.19. The van der Waals surface area contributed by atoms with Gasteiger partial charge in [0, 0.05) is 16.6 Å². The maximum atomic E-state index is 12.7. The summed E-state index contributed by atoms with van der Waals surface area (Å²) >= 11 is 5.91. The molecule has 0 aliphatic heterocycles. The first-order valence-corrected chi connectivity index (χ1v) is 8.09. The van der Waals surface area contributed by atoms with Crippen LogP contribution in [0.15, 0.2) is 52.1 Å². The molecule has 0 unspecified atom stereocenters. The highest BCUT2D eigenvalue weighted by Crippen LogP contribution is 2.20. The molecular weight excluding hydrogens is 360 g/mol. The molecule has 0 bridgehead atoms. The van der Waals surface area contributed by atoms with Crippen LogP contribution >= 0.6 is 11.6 Å². The summed E-state index contributed by atoms with van der Waals surface area (Å²) in [6, 6.07) is 7.71. The summed E-state index contributed by atoms with van der Waals surface area (Å²) in [5, 5.41) is 20.1. The van der Waals surface area contributed by atoms with E-state index >= 15 is 0 Å². The molecule has 0 saturated carbocycles. The van der Waals surface area contributed by atoms with Crippen LogP contribution in [0.4, 0.5) is 0 Å². The van der Waals surface area contributed by atoms with E-state index in [9.17, 15) is 9.59 Å². The quantitative estimate of drug-likeness (QED) is 0.702. The lowest BCUT2D eigenvalue weighted by Gasteiger charge is -2.12. The molecule has 2 N–H and O–H groups in total. The first-order valence-electron chi connectivity index (χ1n) is 7.71. The van der Waals surface area contributed by atoms with Crippen LogP contribution in [0.5, 0.6) is 0 Å². The van der Waals surface area contributed by atoms with Gasteiger partial charge in [0.2, 0.25) is 0 Å². The Kier molecular flexibility index (Phi) is 5.15. The van der Waals surface area contributed by atoms with Gasteiger partial charge in [0.15, 0.2) is 0 Å². The molecule has 0 fully saturated rings. The zero-order valence-electron chi connectivity index (χ0n) is 13.7. The van der Waals surface area contributed by atoms with Gasteiger partial charge in [0.25, 0.3) is 11.5 Å². The van der Waals surface area contributed by atoms with Crippen LogP contribution in [0.2, 0.25) is 5.02 Å². The summed E-state index contributed by atoms with van der Waals surface area (Å²) in [6.45, 7) is 1.37. The van der Waals surface area contributed by atoms with Crippen molar-refractivity contribution in [2.24, 2.45) is 0 Å². The van der Waals surface area contributed by atoms with Crippen molar-refractivity contribution < 1.29 is 14.4 Å². The number of aromatic nitrogens is 3. The molecule has 0 aliphatic rings. The predicted octanol–water partition coefficient (Wildman–Crippen LogP) is 1.65. The summed E-state index contributed by atoms with van der Waals surface area (Å²) in [4.78, 5) is 25.2. The number of carbonyl (C=O) groups is 1. The van der Waals surface area contributed by atoms with Gasteiger partial charge in [-0.05, 0) is 25.1 Å². The van der Waals surface area contributed by atoms with E-state index < -0.39 is 17.5 Å². The average Bonchev–Trinajstić information content (AvgIpc) is 3.17. The van der Waals surface area contributed by atoms with E-state index in [2.05, 4.69) is 15.6 Å². The molecule has 0 saturated heterocycles. The number of aliphatic hydroxyl groups excluding tert-OH is 1. The number of hydrogen-bond donors (Lipinski definition) is 2. The molecule has 134 valence electrons. The number of nitrogens with one attached hydrogen (secondary N) is 1. The van der Waals surface area contributed by atoms with Crippen molar-refractivity contribution >= 4 is 17.5 Å². The van der Waals surface area contributed by atoms with E-state index in [4.69, 9.17) is 21.2 Å². The Balaban J connectivity index is 2.15. The highest BCUT2D eigenvalue weighted by molar-refractivity contribution is 6.30. The standard InChI is InChI=1S/C17H15ClN4O4/c1-10(8-23)20-16(24)14-6-15(11-2-4-12(18)5-3-11)21-22(17(14)25)13-7-19-26-9-13/h2-7,9-10,23H,8H2,1H3,(H,20,24)/t10-/m0/s1. The second kappa shape index (κ2) is 7.51. The van der Waals surface area contributed by atoms with E-state index in [1.165, 1.54) is 18.5 Å². The van der Waals surface area contributed by atoms with Crippen LogP contribution in [0.25, 0.3) is 16.9 Å². The number of carbonyl (C=O) groups excluding carboxylic acids is 1. The fraction of sp³-hybridized carbons (Fsp3) is 0.176. The first kappa shape index (κ1) is 17.8. The van der Waals surface area contributed by atoms with E-state index in [0.717, 1.165) is 4.68 Å². The summed E-state index contributed by atoms with van der Waals surface area (Å²) in [6.07, 6.45) is 2.57. The van der Waals surface area contributed by atoms with Gasteiger partial charge < -0.3 is 14.9 Å². The van der Waals surface area contributed by atoms with Crippen LogP contribution in [0.1, 0.15) is 17.3 Å². The van der Waals surface area contributed by atoms with E-state index in [0.29, 0.717) is 16.3 Å². The van der Waals surface area contributed by atoms with Crippen LogP contribution < -0.4 is 10.9 Å². The van der Waals surface area contributed by atoms with Gasteiger partial charge in [-0.25, -0.2) is 0 Å². The molecule has 1 amide bonds. The molecule has 0 spiro atoms. The van der Waals surface area contributed by atoms with Crippen molar-refractivity contribution in [3.05, 3.63) is 63.7 Å². The second-order valence-corrected chi connectivity index (χ2v) is 6.04. The van der Waals surface area contributed by atoms with Crippen LogP contribution in [0.3, 0.4) is 0 Å². The number of aliphatic hydroxyl groups is 1. The monoisotopic (exact) mass is 374 g/mol. The Morgan fingerprint density at radius 3 is 2.73 bits per heavy atom. The molecule has 3 aromatic rings. The number of nitrogens with zero attached hydrogens (tertiary/aromatic N) is 3. The Hall–Kier alpha value is -2.97. The van der Waals surface area contributed by atoms with Gasteiger partial charge in [-0.1, -0.05) is 28.9 Å². The zero-order chi connectivity index (χ0) is 18.7.